The van der Waals surface area contributed by atoms with E-state index in [1.54, 1.807) is 0 Å². The van der Waals surface area contributed by atoms with E-state index in [1.807, 2.05) is 0 Å². The number of piperazine rings is 6. The Balaban J connectivity index is 0.000000364. The molecule has 6 saturated heterocycles. The van der Waals surface area contributed by atoms with Gasteiger partial charge in [-0.2, -0.15) is 0 Å². The van der Waals surface area contributed by atoms with E-state index in [2.05, 4.69) is 9.80 Å². The van der Waals surface area contributed by atoms with Crippen molar-refractivity contribution in [2.45, 2.75) is 13.1 Å². The Morgan fingerprint density at radius 2 is 0.700 bits per heavy atom. The van der Waals surface area contributed by atoms with Crippen LogP contribution in [0, 0.1) is 34.9 Å². The van der Waals surface area contributed by atoms with E-state index >= 15 is 0 Å². The fraction of sp³-hybridized carbons (Fsp3) is 0.538. The minimum absolute atomic E-state index is 0. The van der Waals surface area contributed by atoms with Crippen LogP contribution in [-0.4, -0.2) is 108 Å². The van der Waals surface area contributed by atoms with Crippen LogP contribution in [0.5, 0.6) is 0 Å². The van der Waals surface area contributed by atoms with E-state index in [9.17, 15) is 26.3 Å². The molecule has 228 valence electrons. The molecule has 4 bridgehead atoms. The molecule has 6 fully saturated rings. The summed E-state index contributed by atoms with van der Waals surface area (Å²) in [7, 11) is 0. The second-order valence-electron chi connectivity index (χ2n) is 10.7. The highest BCUT2D eigenvalue weighted by Crippen LogP contribution is 2.27. The van der Waals surface area contributed by atoms with Crippen LogP contribution in [0.3, 0.4) is 0 Å². The quantitative estimate of drug-likeness (QED) is 0.239. The predicted octanol–water partition coefficient (Wildman–Crippen LogP) is -4.14. The summed E-state index contributed by atoms with van der Waals surface area (Å²) in [5, 5.41) is 0. The molecular formula is C26H36Br2F6N4O2. The van der Waals surface area contributed by atoms with Crippen LogP contribution >= 0.6 is 0 Å². The Hall–Kier alpha value is -1.26. The standard InChI is InChI=1S/2C13H16F3N2.2BrH.2H2O/c2*14-10-7-12(15)11(13(16)8-10)9-18-4-1-17(2-5-18)3-6-18;;;;/h2*7-8H,1-6,9H2;2*1H;2*1H2/q2*+1;;;;/p-2. The van der Waals surface area contributed by atoms with Crippen LogP contribution < -0.4 is 34.0 Å². The predicted molar refractivity (Wildman–Crippen MR) is 130 cm³/mol. The van der Waals surface area contributed by atoms with Crippen LogP contribution in [0.2, 0.25) is 0 Å². The highest BCUT2D eigenvalue weighted by Gasteiger charge is 2.40. The van der Waals surface area contributed by atoms with Crippen LogP contribution in [-0.2, 0) is 13.1 Å². The average Bonchev–Trinajstić information content (AvgIpc) is 2.86. The second kappa shape index (κ2) is 14.8. The average molecular weight is 710 g/mol. The van der Waals surface area contributed by atoms with Gasteiger partial charge in [0.1, 0.15) is 48.0 Å². The molecule has 2 aromatic rings. The second-order valence-corrected chi connectivity index (χ2v) is 10.7. The van der Waals surface area contributed by atoms with Gasteiger partial charge in [0, 0.05) is 63.5 Å². The maximum absolute atomic E-state index is 13.7. The largest absolute Gasteiger partial charge is 1.00 e. The van der Waals surface area contributed by atoms with Crippen LogP contribution in [0.4, 0.5) is 26.3 Å². The molecule has 0 atom stereocenters. The molecule has 0 saturated carbocycles. The Kier molecular flexibility index (Phi) is 13.6. The van der Waals surface area contributed by atoms with Crippen molar-refractivity contribution < 1.29 is 80.2 Å². The first-order chi connectivity index (χ1) is 17.2. The molecule has 0 aliphatic carbocycles. The Labute approximate surface area is 251 Å². The van der Waals surface area contributed by atoms with Gasteiger partial charge in [-0.05, 0) is 0 Å². The molecular weight excluding hydrogens is 674 g/mol. The minimum Gasteiger partial charge on any atom is -1.00 e. The Bertz CT molecular complexity index is 971. The zero-order chi connectivity index (χ0) is 25.5. The number of hydrogen-bond donors (Lipinski definition) is 0. The number of benzene rings is 2. The van der Waals surface area contributed by atoms with Crippen molar-refractivity contribution in [3.05, 3.63) is 70.3 Å². The number of halogens is 8. The smallest absolute Gasteiger partial charge is 0.137 e. The Morgan fingerprint density at radius 3 is 0.925 bits per heavy atom. The van der Waals surface area contributed by atoms with Crippen molar-refractivity contribution >= 4 is 0 Å². The van der Waals surface area contributed by atoms with Crippen molar-refractivity contribution in [3.63, 3.8) is 0 Å². The lowest BCUT2D eigenvalue weighted by Gasteiger charge is -2.50. The molecule has 6 heterocycles. The van der Waals surface area contributed by atoms with Gasteiger partial charge >= 0.3 is 0 Å². The molecule has 4 N–H and O–H groups in total. The fourth-order valence-corrected chi connectivity index (χ4v) is 6.05. The molecule has 40 heavy (non-hydrogen) atoms. The summed E-state index contributed by atoms with van der Waals surface area (Å²) < 4.78 is 82.0. The molecule has 0 radical (unpaired) electrons. The highest BCUT2D eigenvalue weighted by atomic mass is 79.9. The van der Waals surface area contributed by atoms with E-state index in [0.717, 1.165) is 112 Å². The zero-order valence-corrected chi connectivity index (χ0v) is 25.2. The van der Waals surface area contributed by atoms with E-state index < -0.39 is 34.9 Å². The van der Waals surface area contributed by atoms with Gasteiger partial charge in [-0.15, -0.1) is 0 Å². The van der Waals surface area contributed by atoms with Gasteiger partial charge in [0.2, 0.25) is 0 Å². The first kappa shape index (κ1) is 36.8. The maximum atomic E-state index is 13.7. The van der Waals surface area contributed by atoms with Gasteiger partial charge in [-0.25, -0.2) is 26.3 Å². The summed E-state index contributed by atoms with van der Waals surface area (Å²) >= 11 is 0. The zero-order valence-electron chi connectivity index (χ0n) is 22.0. The van der Waals surface area contributed by atoms with Crippen molar-refractivity contribution in [2.24, 2.45) is 0 Å². The molecule has 8 rings (SSSR count). The summed E-state index contributed by atoms with van der Waals surface area (Å²) in [6.07, 6.45) is 0. The lowest BCUT2D eigenvalue weighted by atomic mass is 10.1. The summed E-state index contributed by atoms with van der Waals surface area (Å²) in [6, 6.07) is 3.10. The molecule has 2 aromatic carbocycles. The number of hydrogen-bond acceptors (Lipinski definition) is 2. The van der Waals surface area contributed by atoms with Crippen LogP contribution in [0.25, 0.3) is 0 Å². The summed E-state index contributed by atoms with van der Waals surface area (Å²) in [6.45, 7) is 12.2. The maximum Gasteiger partial charge on any atom is 0.137 e. The monoisotopic (exact) mass is 708 g/mol. The SMILES string of the molecule is Fc1cc(F)c(C[N+]23CCN(CC2)CC3)c(F)c1.Fc1cc(F)c(C[N+]23CCN(CC2)CC3)c(F)c1.O.O.[Br-].[Br-]. The first-order valence-electron chi connectivity index (χ1n) is 12.6. The minimum atomic E-state index is -0.850. The van der Waals surface area contributed by atoms with E-state index in [-0.39, 0.29) is 56.0 Å². The van der Waals surface area contributed by atoms with Crippen LogP contribution in [0.15, 0.2) is 24.3 Å². The topological polar surface area (TPSA) is 69.5 Å². The van der Waals surface area contributed by atoms with E-state index in [4.69, 9.17) is 0 Å². The number of rotatable bonds is 4. The molecule has 6 aliphatic rings. The molecule has 6 nitrogen and oxygen atoms in total. The van der Waals surface area contributed by atoms with Crippen molar-refractivity contribution in [3.8, 4) is 0 Å². The van der Waals surface area contributed by atoms with Gasteiger partial charge in [-0.1, -0.05) is 0 Å². The molecule has 6 aliphatic heterocycles. The Morgan fingerprint density at radius 1 is 0.475 bits per heavy atom. The van der Waals surface area contributed by atoms with E-state index in [0.29, 0.717) is 13.1 Å². The third-order valence-corrected chi connectivity index (χ3v) is 8.54. The lowest BCUT2D eigenvalue weighted by Crippen LogP contribution is -3.00. The first-order valence-corrected chi connectivity index (χ1v) is 12.6. The fourth-order valence-electron chi connectivity index (χ4n) is 6.05. The normalized spacial score (nSPS) is 27.6. The van der Waals surface area contributed by atoms with Crippen molar-refractivity contribution in [2.75, 3.05) is 78.5 Å². The molecule has 0 aromatic heterocycles. The summed E-state index contributed by atoms with van der Waals surface area (Å²) in [5.74, 6) is -4.73. The van der Waals surface area contributed by atoms with Gasteiger partial charge in [0.05, 0.1) is 50.4 Å². The summed E-state index contributed by atoms with van der Waals surface area (Å²) in [4.78, 5) is 4.74. The molecule has 0 spiro atoms. The van der Waals surface area contributed by atoms with E-state index in [1.165, 1.54) is 0 Å². The third-order valence-electron chi connectivity index (χ3n) is 8.54. The molecule has 0 amide bonds. The number of quaternary nitrogens is 2. The number of fused-ring (bicyclic) bond motifs is 6. The van der Waals surface area contributed by atoms with Gasteiger partial charge in [-0.3, -0.25) is 9.80 Å². The van der Waals surface area contributed by atoms with Gasteiger partial charge in [0.15, 0.2) is 0 Å². The van der Waals surface area contributed by atoms with Gasteiger partial charge < -0.3 is 53.9 Å². The summed E-state index contributed by atoms with van der Waals surface area (Å²) in [5.41, 5.74) is 0.0681. The molecule has 14 heteroatoms. The highest BCUT2D eigenvalue weighted by molar-refractivity contribution is 5.21. The van der Waals surface area contributed by atoms with Crippen molar-refractivity contribution in [1.82, 2.24) is 9.80 Å². The lowest BCUT2D eigenvalue weighted by molar-refractivity contribution is -0.953. The number of nitrogens with zero attached hydrogens (tertiary/aromatic N) is 4. The van der Waals surface area contributed by atoms with Crippen molar-refractivity contribution in [1.29, 1.82) is 0 Å². The molecule has 0 unspecified atom stereocenters. The van der Waals surface area contributed by atoms with Gasteiger partial charge in [0.25, 0.3) is 0 Å². The third kappa shape index (κ3) is 7.97. The van der Waals surface area contributed by atoms with Crippen LogP contribution in [0.1, 0.15) is 11.1 Å².